The molecule has 0 spiro atoms. The normalized spacial score (nSPS) is 12.2. The van der Waals surface area contributed by atoms with Crippen LogP contribution in [-0.2, 0) is 10.2 Å². The molecule has 0 saturated heterocycles. The van der Waals surface area contributed by atoms with Crippen LogP contribution in [0.25, 0.3) is 0 Å². The van der Waals surface area contributed by atoms with Crippen molar-refractivity contribution < 1.29 is 14.3 Å². The highest BCUT2D eigenvalue weighted by atomic mass is 35.5. The third-order valence-electron chi connectivity index (χ3n) is 5.84. The van der Waals surface area contributed by atoms with E-state index in [-0.39, 0.29) is 22.9 Å². The van der Waals surface area contributed by atoms with Crippen LogP contribution >= 0.6 is 23.2 Å². The summed E-state index contributed by atoms with van der Waals surface area (Å²) in [5, 5.41) is 0.990. The van der Waals surface area contributed by atoms with Crippen molar-refractivity contribution in [3.8, 4) is 11.5 Å². The fourth-order valence-electron chi connectivity index (χ4n) is 3.00. The summed E-state index contributed by atoms with van der Waals surface area (Å²) in [6, 6.07) is 11.4. The molecular formula is C25H32Cl2O3. The Morgan fingerprint density at radius 3 is 1.77 bits per heavy atom. The van der Waals surface area contributed by atoms with Crippen molar-refractivity contribution in [1.82, 2.24) is 0 Å². The van der Waals surface area contributed by atoms with E-state index in [0.717, 1.165) is 24.0 Å². The Bertz CT molecular complexity index is 899. The van der Waals surface area contributed by atoms with Gasteiger partial charge < -0.3 is 9.47 Å². The zero-order valence-corrected chi connectivity index (χ0v) is 20.4. The first-order valence-corrected chi connectivity index (χ1v) is 11.2. The Kier molecular flexibility index (Phi) is 7.87. The molecule has 0 aromatic heterocycles. The Hall–Kier alpha value is -1.71. The van der Waals surface area contributed by atoms with E-state index in [0.29, 0.717) is 21.5 Å². The number of benzene rings is 2. The predicted molar refractivity (Wildman–Crippen MR) is 125 cm³/mol. The van der Waals surface area contributed by atoms with Gasteiger partial charge in [0.15, 0.2) is 0 Å². The summed E-state index contributed by atoms with van der Waals surface area (Å²) in [5.74, 6) is 0.534. The first-order chi connectivity index (χ1) is 13.9. The summed E-state index contributed by atoms with van der Waals surface area (Å²) in [7, 11) is 0. The van der Waals surface area contributed by atoms with Gasteiger partial charge in [0.2, 0.25) is 0 Å². The van der Waals surface area contributed by atoms with Gasteiger partial charge in [-0.2, -0.15) is 0 Å². The maximum absolute atomic E-state index is 11.9. The maximum Gasteiger partial charge on any atom is 0.313 e. The van der Waals surface area contributed by atoms with Crippen LogP contribution in [0, 0.1) is 5.92 Å². The summed E-state index contributed by atoms with van der Waals surface area (Å²) in [5.41, 5.74) is 1.44. The Labute approximate surface area is 190 Å². The van der Waals surface area contributed by atoms with E-state index >= 15 is 0 Å². The fourth-order valence-corrected chi connectivity index (χ4v) is 3.44. The molecule has 2 rings (SSSR count). The smallest absolute Gasteiger partial charge is 0.313 e. The Balaban J connectivity index is 2.31. The standard InChI is InChI=1S/C25H32Cl2O3/c1-8-25(7,9-2)30-22-13-11-18(15-20(22)27)24(5,6)17-10-12-21(19(26)14-17)29-23(28)16(3)4/h10-16H,8-9H2,1-7H3. The largest absolute Gasteiger partial charge is 0.486 e. The quantitative estimate of drug-likeness (QED) is 0.303. The van der Waals surface area contributed by atoms with E-state index in [1.807, 2.05) is 30.3 Å². The van der Waals surface area contributed by atoms with E-state index in [4.69, 9.17) is 32.7 Å². The van der Waals surface area contributed by atoms with Crippen LogP contribution < -0.4 is 9.47 Å². The lowest BCUT2D eigenvalue weighted by molar-refractivity contribution is -0.137. The van der Waals surface area contributed by atoms with Crippen molar-refractivity contribution in [2.24, 2.45) is 5.92 Å². The van der Waals surface area contributed by atoms with Crippen LogP contribution in [0.15, 0.2) is 36.4 Å². The van der Waals surface area contributed by atoms with Gasteiger partial charge in [-0.3, -0.25) is 4.79 Å². The number of hydrogen-bond donors (Lipinski definition) is 0. The Morgan fingerprint density at radius 1 is 0.900 bits per heavy atom. The summed E-state index contributed by atoms with van der Waals surface area (Å²) in [6.45, 7) is 14.1. The molecule has 2 aromatic carbocycles. The highest BCUT2D eigenvalue weighted by Gasteiger charge is 2.27. The van der Waals surface area contributed by atoms with Crippen LogP contribution in [0.4, 0.5) is 0 Å². The molecule has 5 heteroatoms. The van der Waals surface area contributed by atoms with Crippen molar-refractivity contribution in [3.05, 3.63) is 57.6 Å². The average Bonchev–Trinajstić information content (AvgIpc) is 2.70. The molecule has 0 aliphatic carbocycles. The van der Waals surface area contributed by atoms with Gasteiger partial charge in [-0.15, -0.1) is 0 Å². The number of halogens is 2. The minimum absolute atomic E-state index is 0.220. The molecule has 0 heterocycles. The second-order valence-electron chi connectivity index (χ2n) is 8.75. The zero-order chi connectivity index (χ0) is 22.7. The molecule has 0 aliphatic heterocycles. The summed E-state index contributed by atoms with van der Waals surface area (Å²) < 4.78 is 11.6. The van der Waals surface area contributed by atoms with Crippen LogP contribution in [0.3, 0.4) is 0 Å². The number of esters is 1. The summed E-state index contributed by atoms with van der Waals surface area (Å²) in [6.07, 6.45) is 1.80. The SMILES string of the molecule is CCC(C)(CC)Oc1ccc(C(C)(C)c2ccc(OC(=O)C(C)C)c(Cl)c2)cc1Cl. The number of carbonyl (C=O) groups is 1. The molecule has 164 valence electrons. The van der Waals surface area contributed by atoms with Crippen LogP contribution in [0.2, 0.25) is 10.0 Å². The van der Waals surface area contributed by atoms with Crippen LogP contribution in [0.5, 0.6) is 11.5 Å². The van der Waals surface area contributed by atoms with Gasteiger partial charge in [0, 0.05) is 5.41 Å². The molecule has 2 aromatic rings. The van der Waals surface area contributed by atoms with Gasteiger partial charge in [0.05, 0.1) is 16.0 Å². The van der Waals surface area contributed by atoms with Gasteiger partial charge in [-0.05, 0) is 55.2 Å². The minimum atomic E-state index is -0.356. The molecule has 0 fully saturated rings. The van der Waals surface area contributed by atoms with E-state index in [2.05, 4.69) is 34.6 Å². The van der Waals surface area contributed by atoms with E-state index < -0.39 is 0 Å². The van der Waals surface area contributed by atoms with E-state index in [9.17, 15) is 4.79 Å². The molecule has 30 heavy (non-hydrogen) atoms. The second-order valence-corrected chi connectivity index (χ2v) is 9.56. The number of carbonyl (C=O) groups excluding carboxylic acids is 1. The van der Waals surface area contributed by atoms with Crippen molar-refractivity contribution in [2.75, 3.05) is 0 Å². The van der Waals surface area contributed by atoms with Crippen LogP contribution in [0.1, 0.15) is 72.4 Å². The first-order valence-electron chi connectivity index (χ1n) is 10.4. The third-order valence-corrected chi connectivity index (χ3v) is 6.43. The second kappa shape index (κ2) is 9.62. The van der Waals surface area contributed by atoms with Gasteiger partial charge in [-0.25, -0.2) is 0 Å². The molecule has 0 saturated carbocycles. The zero-order valence-electron chi connectivity index (χ0n) is 18.9. The van der Waals surface area contributed by atoms with Gasteiger partial charge >= 0.3 is 5.97 Å². The van der Waals surface area contributed by atoms with Crippen molar-refractivity contribution in [1.29, 1.82) is 0 Å². The van der Waals surface area contributed by atoms with E-state index in [1.165, 1.54) is 0 Å². The van der Waals surface area contributed by atoms with Crippen LogP contribution in [-0.4, -0.2) is 11.6 Å². The summed E-state index contributed by atoms with van der Waals surface area (Å²) >= 11 is 13.0. The molecule has 0 unspecified atom stereocenters. The van der Waals surface area contributed by atoms with Gasteiger partial charge in [0.25, 0.3) is 0 Å². The minimum Gasteiger partial charge on any atom is -0.486 e. The topological polar surface area (TPSA) is 35.5 Å². The van der Waals surface area contributed by atoms with Gasteiger partial charge in [0.1, 0.15) is 17.1 Å². The monoisotopic (exact) mass is 450 g/mol. The molecule has 3 nitrogen and oxygen atoms in total. The fraction of sp³-hybridized carbons (Fsp3) is 0.480. The molecule has 0 aliphatic rings. The lowest BCUT2D eigenvalue weighted by Gasteiger charge is -2.30. The molecular weight excluding hydrogens is 419 g/mol. The lowest BCUT2D eigenvalue weighted by atomic mass is 9.78. The predicted octanol–water partition coefficient (Wildman–Crippen LogP) is 7.84. The molecule has 0 atom stereocenters. The van der Waals surface area contributed by atoms with Gasteiger partial charge in [-0.1, -0.05) is 76.9 Å². The lowest BCUT2D eigenvalue weighted by Crippen LogP contribution is -2.30. The third kappa shape index (κ3) is 5.50. The molecule has 0 amide bonds. The number of hydrogen-bond acceptors (Lipinski definition) is 3. The highest BCUT2D eigenvalue weighted by molar-refractivity contribution is 6.32. The maximum atomic E-state index is 11.9. The number of rotatable bonds is 8. The highest BCUT2D eigenvalue weighted by Crippen LogP contribution is 2.39. The van der Waals surface area contributed by atoms with E-state index in [1.54, 1.807) is 19.9 Å². The van der Waals surface area contributed by atoms with Crippen molar-refractivity contribution in [3.63, 3.8) is 0 Å². The molecule has 0 radical (unpaired) electrons. The summed E-state index contributed by atoms with van der Waals surface area (Å²) in [4.78, 5) is 11.9. The number of ether oxygens (including phenoxy) is 2. The Morgan fingerprint density at radius 2 is 1.37 bits per heavy atom. The average molecular weight is 451 g/mol. The molecule has 0 N–H and O–H groups in total. The van der Waals surface area contributed by atoms with Crippen molar-refractivity contribution in [2.45, 2.75) is 72.3 Å². The van der Waals surface area contributed by atoms with Crippen molar-refractivity contribution >= 4 is 29.2 Å². The molecule has 0 bridgehead atoms. The first kappa shape index (κ1) is 24.6.